The van der Waals surface area contributed by atoms with E-state index >= 15 is 0 Å². The van der Waals surface area contributed by atoms with E-state index in [2.05, 4.69) is 13.5 Å². The van der Waals surface area contributed by atoms with Crippen LogP contribution in [0.4, 0.5) is 0 Å². The maximum Gasteiger partial charge on any atom is 2.00 e. The molecule has 0 aliphatic heterocycles. The van der Waals surface area contributed by atoms with Crippen molar-refractivity contribution in [1.29, 1.82) is 0 Å². The molecule has 0 aromatic heterocycles. The van der Waals surface area contributed by atoms with Crippen molar-refractivity contribution in [2.45, 2.75) is 13.3 Å². The molecule has 0 heterocycles. The first kappa shape index (κ1) is 16.4. The third kappa shape index (κ3) is 6.24. The van der Waals surface area contributed by atoms with Crippen LogP contribution in [-0.2, 0) is 28.3 Å². The average Bonchev–Trinajstić information content (AvgIpc) is 3.02. The molecule has 3 heteroatoms. The summed E-state index contributed by atoms with van der Waals surface area (Å²) in [6.07, 6.45) is 2.10. The van der Waals surface area contributed by atoms with E-state index in [0.29, 0.717) is 5.75 Å². The SMILES string of the molecule is C=CC(=O)O[c-]1ccc(CC)c1.[Fe+2].c1cc[cH-]c1. The summed E-state index contributed by atoms with van der Waals surface area (Å²) in [5, 5.41) is 0. The van der Waals surface area contributed by atoms with Crippen LogP contribution in [0.15, 0.2) is 61.2 Å². The smallest absolute Gasteiger partial charge is 0.515 e. The van der Waals surface area contributed by atoms with Gasteiger partial charge in [-0.05, 0) is 6.08 Å². The zero-order valence-electron chi connectivity index (χ0n) is 10.3. The van der Waals surface area contributed by atoms with Gasteiger partial charge in [-0.15, -0.1) is 18.7 Å². The Morgan fingerprint density at radius 3 is 2.56 bits per heavy atom. The summed E-state index contributed by atoms with van der Waals surface area (Å²) < 4.78 is 4.89. The number of rotatable bonds is 3. The Balaban J connectivity index is 0.000000405. The number of hydrogen-bond donors (Lipinski definition) is 0. The van der Waals surface area contributed by atoms with Crippen LogP contribution in [0.1, 0.15) is 12.5 Å². The summed E-state index contributed by atoms with van der Waals surface area (Å²) in [6, 6.07) is 15.6. The number of esters is 1. The molecule has 0 aliphatic carbocycles. The van der Waals surface area contributed by atoms with E-state index in [1.807, 2.05) is 42.5 Å². The third-order valence-electron chi connectivity index (χ3n) is 2.14. The number of hydrogen-bond acceptors (Lipinski definition) is 2. The van der Waals surface area contributed by atoms with Crippen LogP contribution in [0.2, 0.25) is 0 Å². The molecule has 0 spiro atoms. The molecule has 96 valence electrons. The molecule has 0 saturated heterocycles. The second-order valence-corrected chi connectivity index (χ2v) is 3.40. The van der Waals surface area contributed by atoms with Crippen LogP contribution in [0.25, 0.3) is 0 Å². The second-order valence-electron chi connectivity index (χ2n) is 3.40. The van der Waals surface area contributed by atoms with Gasteiger partial charge < -0.3 is 9.53 Å². The molecule has 2 nitrogen and oxygen atoms in total. The number of ether oxygens (including phenoxy) is 1. The number of aryl methyl sites for hydroxylation is 1. The molecule has 0 aliphatic rings. The minimum absolute atomic E-state index is 0. The summed E-state index contributed by atoms with van der Waals surface area (Å²) in [5.74, 6) is 0.181. The number of carbonyl (C=O) groups is 1. The van der Waals surface area contributed by atoms with Crippen molar-refractivity contribution in [2.75, 3.05) is 0 Å². The van der Waals surface area contributed by atoms with Gasteiger partial charge in [0.25, 0.3) is 5.97 Å². The predicted molar refractivity (Wildman–Crippen MR) is 69.3 cm³/mol. The molecule has 2 aromatic carbocycles. The van der Waals surface area contributed by atoms with E-state index in [4.69, 9.17) is 4.74 Å². The molecule has 0 saturated carbocycles. The van der Waals surface area contributed by atoms with Gasteiger partial charge in [-0.25, -0.2) is 12.1 Å². The van der Waals surface area contributed by atoms with Crippen LogP contribution in [0.3, 0.4) is 0 Å². The first-order valence-electron chi connectivity index (χ1n) is 5.52. The Bertz CT molecular complexity index is 424. The first-order valence-corrected chi connectivity index (χ1v) is 5.52. The maximum absolute atomic E-state index is 10.7. The summed E-state index contributed by atoms with van der Waals surface area (Å²) >= 11 is 0. The Kier molecular flexibility index (Phi) is 8.63. The molecule has 0 radical (unpaired) electrons. The molecule has 2 aromatic rings. The molecule has 2 rings (SSSR count). The van der Waals surface area contributed by atoms with Gasteiger partial charge in [0.15, 0.2) is 0 Å². The topological polar surface area (TPSA) is 26.3 Å². The molecular weight excluding hydrogens is 268 g/mol. The van der Waals surface area contributed by atoms with Gasteiger partial charge in [-0.3, -0.25) is 0 Å². The van der Waals surface area contributed by atoms with Crippen molar-refractivity contribution >= 4 is 5.97 Å². The monoisotopic (exact) mass is 284 g/mol. The fourth-order valence-electron chi connectivity index (χ4n) is 1.23. The van der Waals surface area contributed by atoms with Crippen molar-refractivity contribution in [2.24, 2.45) is 0 Å². The fraction of sp³-hybridized carbons (Fsp3) is 0.133. The number of carbonyl (C=O) groups excluding carboxylic acids is 1. The fourth-order valence-corrected chi connectivity index (χ4v) is 1.23. The minimum Gasteiger partial charge on any atom is -0.515 e. The van der Waals surface area contributed by atoms with Gasteiger partial charge in [0.05, 0.1) is 0 Å². The zero-order chi connectivity index (χ0) is 12.5. The van der Waals surface area contributed by atoms with E-state index in [0.717, 1.165) is 12.5 Å². The molecule has 0 amide bonds. The van der Waals surface area contributed by atoms with E-state index in [1.54, 1.807) is 6.07 Å². The Morgan fingerprint density at radius 2 is 2.17 bits per heavy atom. The first-order chi connectivity index (χ1) is 8.26. The molecule has 0 N–H and O–H groups in total. The third-order valence-corrected chi connectivity index (χ3v) is 2.14. The molecule has 0 atom stereocenters. The Morgan fingerprint density at radius 1 is 1.50 bits per heavy atom. The van der Waals surface area contributed by atoms with Crippen molar-refractivity contribution in [3.63, 3.8) is 0 Å². The van der Waals surface area contributed by atoms with Gasteiger partial charge in [0.2, 0.25) is 0 Å². The van der Waals surface area contributed by atoms with Gasteiger partial charge in [0.1, 0.15) is 0 Å². The van der Waals surface area contributed by atoms with Crippen molar-refractivity contribution in [1.82, 2.24) is 0 Å². The van der Waals surface area contributed by atoms with Gasteiger partial charge in [-0.2, -0.15) is 29.8 Å². The van der Waals surface area contributed by atoms with Gasteiger partial charge in [0, 0.05) is 5.75 Å². The maximum atomic E-state index is 10.7. The summed E-state index contributed by atoms with van der Waals surface area (Å²) in [5.41, 5.74) is 1.17. The summed E-state index contributed by atoms with van der Waals surface area (Å²) in [6.45, 7) is 5.36. The predicted octanol–water partition coefficient (Wildman–Crippen LogP) is 3.46. The van der Waals surface area contributed by atoms with E-state index < -0.39 is 5.97 Å². The Hall–Kier alpha value is -1.57. The molecular formula is C15H16FeO2. The van der Waals surface area contributed by atoms with Gasteiger partial charge >= 0.3 is 17.1 Å². The van der Waals surface area contributed by atoms with Gasteiger partial charge in [-0.1, -0.05) is 13.3 Å². The van der Waals surface area contributed by atoms with Crippen LogP contribution < -0.4 is 4.74 Å². The standard InChI is InChI=1S/C10H11O2.C5H5.Fe/c1-3-8-5-6-9(7-8)12-10(11)4-2;1-2-4-5-3-1;/h4-7H,2-3H2,1H3;1-5H;/q2*-1;+2. The van der Waals surface area contributed by atoms with E-state index in [1.165, 1.54) is 5.56 Å². The second kappa shape index (κ2) is 9.46. The summed E-state index contributed by atoms with van der Waals surface area (Å²) in [4.78, 5) is 10.7. The zero-order valence-corrected chi connectivity index (χ0v) is 11.4. The van der Waals surface area contributed by atoms with Crippen molar-refractivity contribution in [3.8, 4) is 5.75 Å². The summed E-state index contributed by atoms with van der Waals surface area (Å²) in [7, 11) is 0. The average molecular weight is 284 g/mol. The molecule has 0 unspecified atom stereocenters. The quantitative estimate of drug-likeness (QED) is 0.373. The molecule has 0 fully saturated rings. The van der Waals surface area contributed by atoms with Crippen LogP contribution in [0, 0.1) is 0 Å². The van der Waals surface area contributed by atoms with Crippen LogP contribution in [0.5, 0.6) is 5.75 Å². The van der Waals surface area contributed by atoms with E-state index in [-0.39, 0.29) is 17.1 Å². The molecule has 18 heavy (non-hydrogen) atoms. The van der Waals surface area contributed by atoms with Crippen LogP contribution >= 0.6 is 0 Å². The van der Waals surface area contributed by atoms with Crippen LogP contribution in [-0.4, -0.2) is 5.97 Å². The van der Waals surface area contributed by atoms with E-state index in [9.17, 15) is 4.79 Å². The Labute approximate surface area is 118 Å². The molecule has 0 bridgehead atoms. The normalized spacial score (nSPS) is 8.50. The van der Waals surface area contributed by atoms with Crippen molar-refractivity contribution < 1.29 is 26.6 Å². The largest absolute Gasteiger partial charge is 2.00 e. The van der Waals surface area contributed by atoms with Crippen molar-refractivity contribution in [3.05, 3.63) is 66.7 Å². The minimum atomic E-state index is -0.414.